The quantitative estimate of drug-likeness (QED) is 0.603. The van der Waals surface area contributed by atoms with Crippen LogP contribution in [-0.2, 0) is 6.42 Å². The first kappa shape index (κ1) is 13.9. The lowest BCUT2D eigenvalue weighted by Crippen LogP contribution is -2.11. The van der Waals surface area contributed by atoms with Gasteiger partial charge in [-0.3, -0.25) is 4.79 Å². The van der Waals surface area contributed by atoms with Crippen molar-refractivity contribution in [2.45, 2.75) is 19.3 Å². The van der Waals surface area contributed by atoms with Crippen molar-refractivity contribution in [3.8, 4) is 11.1 Å². The fourth-order valence-electron chi connectivity index (χ4n) is 2.66. The van der Waals surface area contributed by atoms with E-state index in [0.717, 1.165) is 35.1 Å². The fraction of sp³-hybridized carbons (Fsp3) is 0.188. The van der Waals surface area contributed by atoms with Crippen LogP contribution >= 0.6 is 34.8 Å². The smallest absolute Gasteiger partial charge is 0.163 e. The molecule has 0 N–H and O–H groups in total. The molecule has 102 valence electrons. The Morgan fingerprint density at radius 1 is 0.900 bits per heavy atom. The Labute approximate surface area is 132 Å². The largest absolute Gasteiger partial charge is 0.294 e. The van der Waals surface area contributed by atoms with Gasteiger partial charge in [-0.15, -0.1) is 0 Å². The van der Waals surface area contributed by atoms with E-state index in [9.17, 15) is 4.79 Å². The molecule has 4 heteroatoms. The van der Waals surface area contributed by atoms with E-state index in [0.29, 0.717) is 21.5 Å². The van der Waals surface area contributed by atoms with Crippen LogP contribution in [0, 0.1) is 0 Å². The van der Waals surface area contributed by atoms with Gasteiger partial charge in [0.25, 0.3) is 0 Å². The van der Waals surface area contributed by atoms with Gasteiger partial charge in [-0.05, 0) is 41.7 Å². The Balaban J connectivity index is 2.21. The Bertz CT molecular complexity index is 684. The average molecular weight is 326 g/mol. The summed E-state index contributed by atoms with van der Waals surface area (Å²) in [4.78, 5) is 12.0. The van der Waals surface area contributed by atoms with Gasteiger partial charge in [-0.25, -0.2) is 0 Å². The van der Waals surface area contributed by atoms with E-state index in [2.05, 4.69) is 0 Å². The van der Waals surface area contributed by atoms with Crippen molar-refractivity contribution in [1.82, 2.24) is 0 Å². The number of Topliss-reactive ketones (excluding diaryl/α,β-unsaturated/α-hetero) is 1. The average Bonchev–Trinajstić information content (AvgIpc) is 2.44. The van der Waals surface area contributed by atoms with E-state index < -0.39 is 0 Å². The van der Waals surface area contributed by atoms with E-state index >= 15 is 0 Å². The molecular formula is C16H11Cl3O. The van der Waals surface area contributed by atoms with Crippen LogP contribution < -0.4 is 0 Å². The van der Waals surface area contributed by atoms with Crippen molar-refractivity contribution in [2.75, 3.05) is 0 Å². The maximum absolute atomic E-state index is 12.0. The van der Waals surface area contributed by atoms with Gasteiger partial charge in [0.15, 0.2) is 5.78 Å². The minimum absolute atomic E-state index is 0.208. The molecule has 0 atom stereocenters. The Morgan fingerprint density at radius 2 is 1.55 bits per heavy atom. The Hall–Kier alpha value is -1.02. The summed E-state index contributed by atoms with van der Waals surface area (Å²) >= 11 is 18.2. The molecule has 20 heavy (non-hydrogen) atoms. The number of ketones is 1. The monoisotopic (exact) mass is 324 g/mol. The molecular weight excluding hydrogens is 315 g/mol. The van der Waals surface area contributed by atoms with Crippen molar-refractivity contribution < 1.29 is 4.79 Å². The molecule has 0 saturated heterocycles. The highest BCUT2D eigenvalue weighted by Gasteiger charge is 2.20. The molecule has 0 saturated carbocycles. The van der Waals surface area contributed by atoms with Crippen molar-refractivity contribution in [2.24, 2.45) is 0 Å². The molecule has 0 aromatic heterocycles. The lowest BCUT2D eigenvalue weighted by atomic mass is 9.85. The number of fused-ring (bicyclic) bond motifs is 1. The van der Waals surface area contributed by atoms with Gasteiger partial charge in [0, 0.05) is 12.0 Å². The van der Waals surface area contributed by atoms with Gasteiger partial charge in [0.2, 0.25) is 0 Å². The highest BCUT2D eigenvalue weighted by molar-refractivity contribution is 6.48. The lowest BCUT2D eigenvalue weighted by molar-refractivity contribution is 0.0972. The van der Waals surface area contributed by atoms with Crippen LogP contribution in [0.1, 0.15) is 28.8 Å². The van der Waals surface area contributed by atoms with Crippen LogP contribution in [0.15, 0.2) is 30.3 Å². The van der Waals surface area contributed by atoms with E-state index in [1.807, 2.05) is 18.2 Å². The zero-order chi connectivity index (χ0) is 14.3. The topological polar surface area (TPSA) is 17.1 Å². The van der Waals surface area contributed by atoms with E-state index in [-0.39, 0.29) is 5.78 Å². The fourth-order valence-corrected chi connectivity index (χ4v) is 3.26. The summed E-state index contributed by atoms with van der Waals surface area (Å²) < 4.78 is 0. The second-order valence-corrected chi connectivity index (χ2v) is 6.05. The third-order valence-electron chi connectivity index (χ3n) is 3.60. The van der Waals surface area contributed by atoms with Crippen LogP contribution in [0.3, 0.4) is 0 Å². The maximum Gasteiger partial charge on any atom is 0.163 e. The van der Waals surface area contributed by atoms with Gasteiger partial charge in [-0.2, -0.15) is 0 Å². The second kappa shape index (κ2) is 5.40. The Morgan fingerprint density at radius 3 is 2.25 bits per heavy atom. The maximum atomic E-state index is 12.0. The number of hydrogen-bond acceptors (Lipinski definition) is 1. The van der Waals surface area contributed by atoms with Crippen LogP contribution in [-0.4, -0.2) is 5.78 Å². The van der Waals surface area contributed by atoms with Crippen LogP contribution in [0.5, 0.6) is 0 Å². The summed E-state index contributed by atoms with van der Waals surface area (Å²) in [6.45, 7) is 0. The minimum atomic E-state index is 0.208. The highest BCUT2D eigenvalue weighted by Crippen LogP contribution is 2.38. The molecule has 1 nitrogen and oxygen atoms in total. The predicted octanol–water partition coefficient (Wildman–Crippen LogP) is 5.83. The number of carbonyl (C=O) groups is 1. The first-order valence-electron chi connectivity index (χ1n) is 6.38. The number of carbonyl (C=O) groups excluding carboxylic acids is 1. The summed E-state index contributed by atoms with van der Waals surface area (Å²) in [5.74, 6) is 0.208. The molecule has 0 radical (unpaired) electrons. The molecule has 0 unspecified atom stereocenters. The number of rotatable bonds is 1. The molecule has 1 aliphatic carbocycles. The van der Waals surface area contributed by atoms with Gasteiger partial charge >= 0.3 is 0 Å². The molecule has 0 aliphatic heterocycles. The highest BCUT2D eigenvalue weighted by atomic mass is 35.5. The van der Waals surface area contributed by atoms with Gasteiger partial charge in [0.05, 0.1) is 15.1 Å². The van der Waals surface area contributed by atoms with E-state index in [1.54, 1.807) is 12.1 Å². The lowest BCUT2D eigenvalue weighted by Gasteiger charge is -2.19. The van der Waals surface area contributed by atoms with Gasteiger partial charge in [0.1, 0.15) is 0 Å². The zero-order valence-electron chi connectivity index (χ0n) is 10.6. The molecule has 2 aromatic carbocycles. The summed E-state index contributed by atoms with van der Waals surface area (Å²) in [5, 5.41) is 1.21. The summed E-state index contributed by atoms with van der Waals surface area (Å²) in [6.07, 6.45) is 2.41. The van der Waals surface area contributed by atoms with Crippen LogP contribution in [0.25, 0.3) is 11.1 Å². The first-order chi connectivity index (χ1) is 9.58. The molecule has 1 aliphatic rings. The zero-order valence-corrected chi connectivity index (χ0v) is 12.8. The molecule has 0 fully saturated rings. The van der Waals surface area contributed by atoms with E-state index in [4.69, 9.17) is 34.8 Å². The second-order valence-electron chi connectivity index (χ2n) is 4.86. The standard InChI is InChI=1S/C16H11Cl3O/c17-13-7-9(8-14(18)16(13)19)10-3-1-5-12-11(10)4-2-6-15(12)20/h1,3,5,7-8H,2,4,6H2. The normalized spacial score (nSPS) is 14.2. The van der Waals surface area contributed by atoms with Crippen molar-refractivity contribution in [1.29, 1.82) is 0 Å². The SMILES string of the molecule is O=C1CCCc2c1cccc2-c1cc(Cl)c(Cl)c(Cl)c1. The minimum Gasteiger partial charge on any atom is -0.294 e. The van der Waals surface area contributed by atoms with Gasteiger partial charge in [-0.1, -0.05) is 53.0 Å². The third kappa shape index (κ3) is 2.35. The summed E-state index contributed by atoms with van der Waals surface area (Å²) in [5.41, 5.74) is 3.81. The third-order valence-corrected chi connectivity index (χ3v) is 4.80. The molecule has 0 bridgehead atoms. The van der Waals surface area contributed by atoms with Gasteiger partial charge < -0.3 is 0 Å². The van der Waals surface area contributed by atoms with Crippen molar-refractivity contribution in [3.63, 3.8) is 0 Å². The van der Waals surface area contributed by atoms with Crippen molar-refractivity contribution in [3.05, 3.63) is 56.5 Å². The van der Waals surface area contributed by atoms with Crippen LogP contribution in [0.2, 0.25) is 15.1 Å². The van der Waals surface area contributed by atoms with Crippen molar-refractivity contribution >= 4 is 40.6 Å². The molecule has 2 aromatic rings. The van der Waals surface area contributed by atoms with E-state index in [1.165, 1.54) is 0 Å². The Kier molecular flexibility index (Phi) is 3.76. The summed E-state index contributed by atoms with van der Waals surface area (Å²) in [6, 6.07) is 9.37. The molecule has 3 rings (SSSR count). The molecule has 0 heterocycles. The number of benzene rings is 2. The predicted molar refractivity (Wildman–Crippen MR) is 84.2 cm³/mol. The number of halogens is 3. The first-order valence-corrected chi connectivity index (χ1v) is 7.51. The molecule has 0 amide bonds. The number of hydrogen-bond donors (Lipinski definition) is 0. The summed E-state index contributed by atoms with van der Waals surface area (Å²) in [7, 11) is 0. The molecule has 0 spiro atoms. The van der Waals surface area contributed by atoms with Crippen LogP contribution in [0.4, 0.5) is 0 Å².